The first-order valence-electron chi connectivity index (χ1n) is 3.97. The Morgan fingerprint density at radius 1 is 1.60 bits per heavy atom. The van der Waals surface area contributed by atoms with Crippen molar-refractivity contribution in [2.75, 3.05) is 11.9 Å². The fourth-order valence-corrected chi connectivity index (χ4v) is 1.03. The number of rotatable bonds is 4. The van der Waals surface area contributed by atoms with Crippen molar-refractivity contribution in [2.24, 2.45) is 5.73 Å². The van der Waals surface area contributed by atoms with Crippen LogP contribution < -0.4 is 11.1 Å². The van der Waals surface area contributed by atoms with Gasteiger partial charge in [0.05, 0.1) is 11.5 Å². The maximum absolute atomic E-state index is 13.0. The third kappa shape index (κ3) is 2.63. The molecule has 1 rings (SSSR count). The lowest BCUT2D eigenvalue weighted by atomic mass is 10.2. The van der Waals surface area contributed by atoms with Crippen molar-refractivity contribution in [1.29, 1.82) is 0 Å². The zero-order valence-electron chi connectivity index (χ0n) is 7.57. The van der Waals surface area contributed by atoms with Gasteiger partial charge in [0, 0.05) is 0 Å². The first-order chi connectivity index (χ1) is 7.02. The molecule has 0 fully saturated rings. The minimum atomic E-state index is -0.963. The van der Waals surface area contributed by atoms with Crippen LogP contribution in [0.4, 0.5) is 15.8 Å². The molecule has 3 N–H and O–H groups in total. The van der Waals surface area contributed by atoms with Gasteiger partial charge in [0.1, 0.15) is 5.69 Å². The molecule has 0 atom stereocenters. The topological polar surface area (TPSA) is 98.3 Å². The highest BCUT2D eigenvalue weighted by molar-refractivity contribution is 5.80. The van der Waals surface area contributed by atoms with Crippen LogP contribution in [0.15, 0.2) is 18.2 Å². The maximum atomic E-state index is 13.0. The molecule has 6 nitrogen and oxygen atoms in total. The van der Waals surface area contributed by atoms with Gasteiger partial charge in [0.2, 0.25) is 11.7 Å². The number of nitro benzene ring substituents is 1. The number of benzene rings is 1. The van der Waals surface area contributed by atoms with E-state index in [1.807, 2.05) is 0 Å². The fourth-order valence-electron chi connectivity index (χ4n) is 1.03. The normalized spacial score (nSPS) is 9.67. The van der Waals surface area contributed by atoms with E-state index in [2.05, 4.69) is 5.32 Å². The number of carbonyl (C=O) groups is 1. The summed E-state index contributed by atoms with van der Waals surface area (Å²) in [7, 11) is 0. The van der Waals surface area contributed by atoms with E-state index in [1.54, 1.807) is 0 Å². The Morgan fingerprint density at radius 2 is 2.27 bits per heavy atom. The van der Waals surface area contributed by atoms with Gasteiger partial charge in [-0.3, -0.25) is 14.9 Å². The van der Waals surface area contributed by atoms with Crippen LogP contribution in [0.1, 0.15) is 0 Å². The second kappa shape index (κ2) is 4.36. The van der Waals surface area contributed by atoms with Crippen LogP contribution in [0.5, 0.6) is 0 Å². The highest BCUT2D eigenvalue weighted by Gasteiger charge is 2.19. The zero-order chi connectivity index (χ0) is 11.4. The van der Waals surface area contributed by atoms with Crippen molar-refractivity contribution in [1.82, 2.24) is 0 Å². The molecule has 1 amide bonds. The molecular weight excluding hydrogens is 205 g/mol. The Hall–Kier alpha value is -2.18. The van der Waals surface area contributed by atoms with Crippen LogP contribution in [0, 0.1) is 15.9 Å². The largest absolute Gasteiger partial charge is 0.370 e. The summed E-state index contributed by atoms with van der Waals surface area (Å²) in [6.45, 7) is -0.287. The van der Waals surface area contributed by atoms with Crippen molar-refractivity contribution < 1.29 is 14.1 Å². The lowest BCUT2D eigenvalue weighted by Crippen LogP contribution is -2.22. The number of amides is 1. The highest BCUT2D eigenvalue weighted by atomic mass is 19.1. The molecule has 0 bridgehead atoms. The third-order valence-electron chi connectivity index (χ3n) is 1.62. The van der Waals surface area contributed by atoms with Gasteiger partial charge >= 0.3 is 5.69 Å². The molecule has 0 aliphatic rings. The Labute approximate surface area is 84.0 Å². The molecule has 0 heterocycles. The van der Waals surface area contributed by atoms with Gasteiger partial charge in [-0.2, -0.15) is 4.39 Å². The first-order valence-corrected chi connectivity index (χ1v) is 3.97. The molecule has 7 heteroatoms. The summed E-state index contributed by atoms with van der Waals surface area (Å²) in [6.07, 6.45) is 0. The molecule has 0 saturated carbocycles. The molecule has 1 aromatic rings. The van der Waals surface area contributed by atoms with E-state index >= 15 is 0 Å². The molecular formula is C8H8FN3O3. The monoisotopic (exact) mass is 213 g/mol. The first kappa shape index (κ1) is 10.9. The van der Waals surface area contributed by atoms with E-state index in [1.165, 1.54) is 12.1 Å². The summed E-state index contributed by atoms with van der Waals surface area (Å²) in [5, 5.41) is 12.9. The van der Waals surface area contributed by atoms with Gasteiger partial charge in [0.15, 0.2) is 0 Å². The van der Waals surface area contributed by atoms with Gasteiger partial charge in [-0.15, -0.1) is 0 Å². The predicted octanol–water partition coefficient (Wildman–Crippen LogP) is 0.631. The quantitative estimate of drug-likeness (QED) is 0.566. The minimum absolute atomic E-state index is 0.0706. The van der Waals surface area contributed by atoms with E-state index in [-0.39, 0.29) is 12.2 Å². The standard InChI is InChI=1S/C8H8FN3O3/c9-5-2-1-3-6(8(5)12(14)15)11-4-7(10)13/h1-3,11H,4H2,(H2,10,13). The Morgan fingerprint density at radius 3 is 2.80 bits per heavy atom. The smallest absolute Gasteiger partial charge is 0.327 e. The SMILES string of the molecule is NC(=O)CNc1cccc(F)c1[N+](=O)[O-]. The van der Waals surface area contributed by atoms with Gasteiger partial charge in [-0.05, 0) is 12.1 Å². The minimum Gasteiger partial charge on any atom is -0.370 e. The molecule has 0 unspecified atom stereocenters. The number of halogens is 1. The van der Waals surface area contributed by atoms with Crippen molar-refractivity contribution in [3.05, 3.63) is 34.1 Å². The molecule has 1 aromatic carbocycles. The average molecular weight is 213 g/mol. The van der Waals surface area contributed by atoms with Crippen LogP contribution in [-0.2, 0) is 4.79 Å². The second-order valence-electron chi connectivity index (χ2n) is 2.71. The van der Waals surface area contributed by atoms with E-state index in [9.17, 15) is 19.3 Å². The van der Waals surface area contributed by atoms with Gasteiger partial charge in [-0.1, -0.05) is 6.07 Å². The van der Waals surface area contributed by atoms with Gasteiger partial charge in [-0.25, -0.2) is 0 Å². The second-order valence-corrected chi connectivity index (χ2v) is 2.71. The third-order valence-corrected chi connectivity index (χ3v) is 1.62. The van der Waals surface area contributed by atoms with Crippen molar-refractivity contribution in [3.8, 4) is 0 Å². The van der Waals surface area contributed by atoms with E-state index in [0.29, 0.717) is 0 Å². The number of primary amides is 1. The van der Waals surface area contributed by atoms with Crippen molar-refractivity contribution >= 4 is 17.3 Å². The number of anilines is 1. The molecule has 15 heavy (non-hydrogen) atoms. The van der Waals surface area contributed by atoms with Crippen LogP contribution in [-0.4, -0.2) is 17.4 Å². The number of nitrogens with zero attached hydrogens (tertiary/aromatic N) is 1. The lowest BCUT2D eigenvalue weighted by molar-refractivity contribution is -0.386. The summed E-state index contributed by atoms with van der Waals surface area (Å²) in [4.78, 5) is 20.1. The molecule has 80 valence electrons. The number of hydrogen-bond donors (Lipinski definition) is 2. The predicted molar refractivity (Wildman–Crippen MR) is 50.7 cm³/mol. The zero-order valence-corrected chi connectivity index (χ0v) is 7.57. The molecule has 0 aliphatic carbocycles. The summed E-state index contributed by atoms with van der Waals surface area (Å²) >= 11 is 0. The molecule has 0 aromatic heterocycles. The number of carbonyl (C=O) groups excluding carboxylic acids is 1. The number of nitrogens with two attached hydrogens (primary N) is 1. The maximum Gasteiger partial charge on any atom is 0.327 e. The summed E-state index contributed by atoms with van der Waals surface area (Å²) < 4.78 is 13.0. The van der Waals surface area contributed by atoms with E-state index in [0.717, 1.165) is 6.07 Å². The number of para-hydroxylation sites is 1. The fraction of sp³-hybridized carbons (Fsp3) is 0.125. The number of hydrogen-bond acceptors (Lipinski definition) is 4. The average Bonchev–Trinajstić information content (AvgIpc) is 2.13. The summed E-state index contributed by atoms with van der Waals surface area (Å²) in [5.41, 5.74) is 4.07. The molecule has 0 saturated heterocycles. The summed E-state index contributed by atoms with van der Waals surface area (Å²) in [5.74, 6) is -1.65. The van der Waals surface area contributed by atoms with Gasteiger partial charge < -0.3 is 11.1 Å². The highest BCUT2D eigenvalue weighted by Crippen LogP contribution is 2.26. The molecule has 0 aliphatic heterocycles. The Balaban J connectivity index is 3.01. The van der Waals surface area contributed by atoms with Crippen molar-refractivity contribution in [2.45, 2.75) is 0 Å². The van der Waals surface area contributed by atoms with Crippen molar-refractivity contribution in [3.63, 3.8) is 0 Å². The van der Waals surface area contributed by atoms with Crippen LogP contribution in [0.25, 0.3) is 0 Å². The Kier molecular flexibility index (Phi) is 3.17. The van der Waals surface area contributed by atoms with Crippen LogP contribution >= 0.6 is 0 Å². The van der Waals surface area contributed by atoms with E-state index in [4.69, 9.17) is 5.73 Å². The lowest BCUT2D eigenvalue weighted by Gasteiger charge is -2.04. The van der Waals surface area contributed by atoms with E-state index < -0.39 is 22.3 Å². The summed E-state index contributed by atoms with van der Waals surface area (Å²) in [6, 6.07) is 3.56. The van der Waals surface area contributed by atoms with Crippen LogP contribution in [0.3, 0.4) is 0 Å². The Bertz CT molecular complexity index is 408. The number of nitrogens with one attached hydrogen (secondary N) is 1. The van der Waals surface area contributed by atoms with Crippen LogP contribution in [0.2, 0.25) is 0 Å². The number of nitro groups is 1. The van der Waals surface area contributed by atoms with Gasteiger partial charge in [0.25, 0.3) is 0 Å². The molecule has 0 spiro atoms. The molecule has 0 radical (unpaired) electrons.